The van der Waals surface area contributed by atoms with E-state index in [0.29, 0.717) is 49.1 Å². The molecule has 2 aliphatic rings. The van der Waals surface area contributed by atoms with E-state index >= 15 is 4.39 Å². The lowest BCUT2D eigenvalue weighted by Gasteiger charge is -2.28. The van der Waals surface area contributed by atoms with Gasteiger partial charge in [-0.25, -0.2) is 4.39 Å². The summed E-state index contributed by atoms with van der Waals surface area (Å²) in [5.74, 6) is -2.48. The molecule has 10 nitrogen and oxygen atoms in total. The molecular formula is C32H33FN6O4. The molecule has 2 aliphatic heterocycles. The zero-order chi connectivity index (χ0) is 30.4. The second kappa shape index (κ2) is 11.1. The van der Waals surface area contributed by atoms with Crippen LogP contribution in [-0.2, 0) is 35.6 Å². The zero-order valence-corrected chi connectivity index (χ0v) is 24.4. The van der Waals surface area contributed by atoms with Crippen LogP contribution in [0.1, 0.15) is 65.3 Å². The van der Waals surface area contributed by atoms with Gasteiger partial charge in [0.05, 0.1) is 24.0 Å². The first-order valence-electron chi connectivity index (χ1n) is 14.5. The predicted molar refractivity (Wildman–Crippen MR) is 159 cm³/mol. The molecule has 5 heterocycles. The van der Waals surface area contributed by atoms with Gasteiger partial charge in [0.25, 0.3) is 5.91 Å². The van der Waals surface area contributed by atoms with Crippen LogP contribution in [0.5, 0.6) is 0 Å². The van der Waals surface area contributed by atoms with Crippen LogP contribution in [0.25, 0.3) is 27.6 Å². The molecule has 0 saturated carbocycles. The molecule has 0 bridgehead atoms. The Morgan fingerprint density at radius 1 is 1.02 bits per heavy atom. The van der Waals surface area contributed by atoms with Crippen molar-refractivity contribution in [2.24, 2.45) is 0 Å². The van der Waals surface area contributed by atoms with Crippen LogP contribution in [0.3, 0.4) is 0 Å². The second-order valence-electron chi connectivity index (χ2n) is 11.1. The van der Waals surface area contributed by atoms with Crippen LogP contribution in [0.4, 0.5) is 4.39 Å². The van der Waals surface area contributed by atoms with E-state index in [0.717, 1.165) is 40.1 Å². The summed E-state index contributed by atoms with van der Waals surface area (Å²) >= 11 is 0. The maximum absolute atomic E-state index is 16.4. The molecular weight excluding hydrogens is 551 g/mol. The van der Waals surface area contributed by atoms with Crippen molar-refractivity contribution in [3.8, 4) is 11.1 Å². The largest absolute Gasteiger partial charge is 0.481 e. The Hall–Kier alpha value is -4.80. The Balaban J connectivity index is 1.45. The molecule has 11 heteroatoms. The minimum Gasteiger partial charge on any atom is -0.481 e. The van der Waals surface area contributed by atoms with E-state index in [2.05, 4.69) is 15.1 Å². The summed E-state index contributed by atoms with van der Waals surface area (Å²) < 4.78 is 18.3. The number of hydrogen-bond donors (Lipinski definition) is 2. The number of aliphatic carboxylic acids is 1. The second-order valence-corrected chi connectivity index (χ2v) is 11.1. The number of pyridine rings is 1. The highest BCUT2D eigenvalue weighted by atomic mass is 19.1. The van der Waals surface area contributed by atoms with Gasteiger partial charge < -0.3 is 19.9 Å². The number of carboxylic acids is 1. The summed E-state index contributed by atoms with van der Waals surface area (Å²) in [5.41, 5.74) is 6.85. The van der Waals surface area contributed by atoms with Crippen molar-refractivity contribution in [3.05, 3.63) is 76.3 Å². The number of H-pyrrole nitrogens is 1. The lowest BCUT2D eigenvalue weighted by molar-refractivity contribution is -0.144. The molecule has 0 aliphatic carbocycles. The molecule has 0 saturated heterocycles. The number of fused-ring (bicyclic) bond motifs is 2. The van der Waals surface area contributed by atoms with Crippen LogP contribution >= 0.6 is 0 Å². The molecule has 0 spiro atoms. The Morgan fingerprint density at radius 3 is 2.58 bits per heavy atom. The van der Waals surface area contributed by atoms with E-state index in [1.165, 1.54) is 4.90 Å². The fourth-order valence-electron chi connectivity index (χ4n) is 6.17. The van der Waals surface area contributed by atoms with E-state index in [1.54, 1.807) is 29.4 Å². The van der Waals surface area contributed by atoms with Gasteiger partial charge in [-0.05, 0) is 61.6 Å². The van der Waals surface area contributed by atoms with Crippen molar-refractivity contribution < 1.29 is 23.9 Å². The SMILES string of the molecule is CCc1cc(C)ncc1-c1cc(C2=CCCN(C(=O)CC(=O)O)C2)c(F)c2[nH]c(C(=O)N3Cc4cnn(CC)c4C3)cc12. The lowest BCUT2D eigenvalue weighted by atomic mass is 9.91. The number of amides is 2. The number of nitrogens with zero attached hydrogens (tertiary/aromatic N) is 5. The van der Waals surface area contributed by atoms with E-state index in [9.17, 15) is 14.4 Å². The summed E-state index contributed by atoms with van der Waals surface area (Å²) in [6.45, 7) is 7.99. The molecule has 0 radical (unpaired) electrons. The number of hydrogen-bond acceptors (Lipinski definition) is 5. The predicted octanol–water partition coefficient (Wildman–Crippen LogP) is 4.70. The van der Waals surface area contributed by atoms with Crippen molar-refractivity contribution in [1.29, 1.82) is 0 Å². The molecule has 0 fully saturated rings. The Labute approximate surface area is 247 Å². The number of carbonyl (C=O) groups is 3. The first-order valence-corrected chi connectivity index (χ1v) is 14.5. The molecule has 3 aromatic heterocycles. The zero-order valence-electron chi connectivity index (χ0n) is 24.4. The fraction of sp³-hybridized carbons (Fsp3) is 0.344. The number of halogens is 1. The van der Waals surface area contributed by atoms with Gasteiger partial charge in [0.2, 0.25) is 5.91 Å². The van der Waals surface area contributed by atoms with Gasteiger partial charge in [-0.3, -0.25) is 24.0 Å². The molecule has 0 atom stereocenters. The van der Waals surface area contributed by atoms with E-state index in [1.807, 2.05) is 37.6 Å². The topological polar surface area (TPSA) is 124 Å². The van der Waals surface area contributed by atoms with Crippen LogP contribution in [0.2, 0.25) is 0 Å². The average Bonchev–Trinajstić information content (AvgIpc) is 3.72. The van der Waals surface area contributed by atoms with Gasteiger partial charge in [-0.15, -0.1) is 0 Å². The minimum atomic E-state index is -1.20. The molecule has 6 rings (SSSR count). The van der Waals surface area contributed by atoms with Gasteiger partial charge in [-0.1, -0.05) is 13.0 Å². The van der Waals surface area contributed by atoms with Gasteiger partial charge in [0, 0.05) is 60.1 Å². The van der Waals surface area contributed by atoms with Crippen LogP contribution < -0.4 is 0 Å². The number of nitrogens with one attached hydrogen (secondary N) is 1. The summed E-state index contributed by atoms with van der Waals surface area (Å²) in [6.07, 6.45) is 6.04. The van der Waals surface area contributed by atoms with Crippen molar-refractivity contribution in [2.75, 3.05) is 13.1 Å². The standard InChI is InChI=1S/C32H33FN6O4/c1-4-19-9-18(3)34-14-25(19)23-10-22(20-7-6-8-37(15-20)28(40)12-29(41)42)30(33)31-24(23)11-26(36-31)32(43)38-16-21-13-35-39(5-2)27(21)17-38/h7,9-11,13-14,36H,4-6,8,12,15-17H2,1-3H3,(H,41,42). The summed E-state index contributed by atoms with van der Waals surface area (Å²) in [7, 11) is 0. The van der Waals surface area contributed by atoms with Crippen molar-refractivity contribution in [2.45, 2.75) is 59.7 Å². The maximum Gasteiger partial charge on any atom is 0.312 e. The molecule has 1 aromatic carbocycles. The molecule has 43 heavy (non-hydrogen) atoms. The molecule has 0 unspecified atom stereocenters. The number of carboxylic acid groups (broad SMARTS) is 1. The molecule has 4 aromatic rings. The Kier molecular flexibility index (Phi) is 7.33. The fourth-order valence-corrected chi connectivity index (χ4v) is 6.17. The number of carbonyl (C=O) groups excluding carboxylic acids is 2. The normalized spacial score (nSPS) is 14.7. The Morgan fingerprint density at radius 2 is 1.84 bits per heavy atom. The maximum atomic E-state index is 16.4. The van der Waals surface area contributed by atoms with Crippen LogP contribution in [-0.4, -0.2) is 65.5 Å². The van der Waals surface area contributed by atoms with E-state index in [4.69, 9.17) is 5.11 Å². The number of aryl methyl sites for hydroxylation is 3. The highest BCUT2D eigenvalue weighted by Gasteiger charge is 2.30. The summed E-state index contributed by atoms with van der Waals surface area (Å²) in [5, 5.41) is 14.1. The molecule has 222 valence electrons. The smallest absolute Gasteiger partial charge is 0.312 e. The third-order valence-corrected chi connectivity index (χ3v) is 8.36. The monoisotopic (exact) mass is 584 g/mol. The lowest BCUT2D eigenvalue weighted by Crippen LogP contribution is -2.36. The third kappa shape index (κ3) is 5.09. The van der Waals surface area contributed by atoms with Crippen molar-refractivity contribution in [3.63, 3.8) is 0 Å². The first-order chi connectivity index (χ1) is 20.7. The van der Waals surface area contributed by atoms with E-state index in [-0.39, 0.29) is 23.7 Å². The van der Waals surface area contributed by atoms with Gasteiger partial charge in [0.1, 0.15) is 12.1 Å². The third-order valence-electron chi connectivity index (χ3n) is 8.36. The van der Waals surface area contributed by atoms with Crippen LogP contribution in [0, 0.1) is 12.7 Å². The highest BCUT2D eigenvalue weighted by Crippen LogP contribution is 2.38. The number of aromatic amines is 1. The van der Waals surface area contributed by atoms with Crippen LogP contribution in [0.15, 0.2) is 36.7 Å². The molecule has 2 N–H and O–H groups in total. The number of rotatable bonds is 7. The number of benzene rings is 1. The van der Waals surface area contributed by atoms with E-state index < -0.39 is 24.1 Å². The Bertz CT molecular complexity index is 1820. The van der Waals surface area contributed by atoms with Crippen molar-refractivity contribution >= 4 is 34.3 Å². The van der Waals surface area contributed by atoms with Crippen molar-refractivity contribution in [1.82, 2.24) is 29.5 Å². The van der Waals surface area contributed by atoms with Gasteiger partial charge in [-0.2, -0.15) is 5.10 Å². The average molecular weight is 585 g/mol. The first kappa shape index (κ1) is 28.3. The quantitative estimate of drug-likeness (QED) is 0.304. The highest BCUT2D eigenvalue weighted by molar-refractivity contribution is 6.05. The number of aromatic nitrogens is 4. The minimum absolute atomic E-state index is 0.0910. The summed E-state index contributed by atoms with van der Waals surface area (Å²) in [4.78, 5) is 48.2. The van der Waals surface area contributed by atoms with Gasteiger partial charge >= 0.3 is 5.97 Å². The molecule has 2 amide bonds. The van der Waals surface area contributed by atoms with Gasteiger partial charge in [0.15, 0.2) is 5.82 Å². The summed E-state index contributed by atoms with van der Waals surface area (Å²) in [6, 6.07) is 5.49.